The van der Waals surface area contributed by atoms with Gasteiger partial charge in [-0.2, -0.15) is 0 Å². The van der Waals surface area contributed by atoms with Crippen LogP contribution in [0.1, 0.15) is 31.9 Å². The molecule has 0 spiro atoms. The highest BCUT2D eigenvalue weighted by Gasteiger charge is 2.27. The van der Waals surface area contributed by atoms with Crippen molar-refractivity contribution in [3.8, 4) is 0 Å². The van der Waals surface area contributed by atoms with E-state index in [1.807, 2.05) is 7.05 Å². The molecule has 1 atom stereocenters. The molecule has 0 amide bonds. The van der Waals surface area contributed by atoms with E-state index in [-0.39, 0.29) is 30.0 Å². The molecule has 2 aliphatic heterocycles. The fraction of sp³-hybridized carbons (Fsp3) is 0.696. The van der Waals surface area contributed by atoms with Gasteiger partial charge in [0.15, 0.2) is 5.96 Å². The standard InChI is InChI=1S/C23H38F2N6.HI/c1-4-22(20-7-6-19(24)18-21(20)25)30-14-16-31(17-15-30)23(26-3)27-8-9-29-12-10-28(5-2)11-13-29;/h6-7,18,22H,4-5,8-17H2,1-3H3,(H,26,27);1H. The molecule has 32 heavy (non-hydrogen) atoms. The molecule has 0 radical (unpaired) electrons. The smallest absolute Gasteiger partial charge is 0.193 e. The largest absolute Gasteiger partial charge is 0.355 e. The van der Waals surface area contributed by atoms with E-state index in [1.54, 1.807) is 6.07 Å². The molecule has 1 aromatic carbocycles. The number of nitrogens with one attached hydrogen (secondary N) is 1. The van der Waals surface area contributed by atoms with Crippen LogP contribution >= 0.6 is 24.0 Å². The van der Waals surface area contributed by atoms with E-state index < -0.39 is 11.6 Å². The number of rotatable bonds is 7. The number of hydrogen-bond donors (Lipinski definition) is 1. The maximum absolute atomic E-state index is 14.3. The fourth-order valence-electron chi connectivity index (χ4n) is 4.68. The highest BCUT2D eigenvalue weighted by atomic mass is 127. The van der Waals surface area contributed by atoms with Crippen LogP contribution in [0.25, 0.3) is 0 Å². The van der Waals surface area contributed by atoms with Crippen molar-refractivity contribution in [1.82, 2.24) is 24.9 Å². The second-order valence-electron chi connectivity index (χ2n) is 8.36. The number of nitrogens with zero attached hydrogens (tertiary/aromatic N) is 5. The summed E-state index contributed by atoms with van der Waals surface area (Å²) in [7, 11) is 1.83. The van der Waals surface area contributed by atoms with Gasteiger partial charge in [-0.15, -0.1) is 24.0 Å². The van der Waals surface area contributed by atoms with Gasteiger partial charge in [-0.1, -0.05) is 19.9 Å². The Hall–Kier alpha value is -1.04. The molecule has 2 fully saturated rings. The summed E-state index contributed by atoms with van der Waals surface area (Å²) in [5, 5.41) is 3.52. The molecule has 2 saturated heterocycles. The molecule has 2 heterocycles. The lowest BCUT2D eigenvalue weighted by molar-refractivity contribution is 0.123. The minimum Gasteiger partial charge on any atom is -0.355 e. The molecule has 3 rings (SSSR count). The quantitative estimate of drug-likeness (QED) is 0.314. The van der Waals surface area contributed by atoms with Gasteiger partial charge in [0.1, 0.15) is 11.6 Å². The molecule has 1 unspecified atom stereocenters. The first kappa shape index (κ1) is 27.2. The summed E-state index contributed by atoms with van der Waals surface area (Å²) in [6.07, 6.45) is 0.792. The molecule has 6 nitrogen and oxygen atoms in total. The molecular weight excluding hydrogens is 525 g/mol. The van der Waals surface area contributed by atoms with Gasteiger partial charge in [0.05, 0.1) is 0 Å². The predicted molar refractivity (Wildman–Crippen MR) is 138 cm³/mol. The van der Waals surface area contributed by atoms with Crippen molar-refractivity contribution < 1.29 is 8.78 Å². The van der Waals surface area contributed by atoms with Crippen LogP contribution in [0.5, 0.6) is 0 Å². The minimum absolute atomic E-state index is 0. The topological polar surface area (TPSA) is 37.4 Å². The van der Waals surface area contributed by atoms with Gasteiger partial charge >= 0.3 is 0 Å². The molecule has 182 valence electrons. The summed E-state index contributed by atoms with van der Waals surface area (Å²) in [5.41, 5.74) is 0.586. The van der Waals surface area contributed by atoms with E-state index in [4.69, 9.17) is 0 Å². The van der Waals surface area contributed by atoms with Gasteiger partial charge < -0.3 is 15.1 Å². The Kier molecular flexibility index (Phi) is 11.6. The number of halogens is 3. The predicted octanol–water partition coefficient (Wildman–Crippen LogP) is 2.86. The van der Waals surface area contributed by atoms with Crippen LogP contribution in [0, 0.1) is 11.6 Å². The highest BCUT2D eigenvalue weighted by molar-refractivity contribution is 14.0. The normalized spacial score (nSPS) is 20.2. The first-order valence-electron chi connectivity index (χ1n) is 11.6. The summed E-state index contributed by atoms with van der Waals surface area (Å²) in [6.45, 7) is 15.2. The van der Waals surface area contributed by atoms with Crippen LogP contribution in [-0.2, 0) is 0 Å². The molecule has 1 aromatic rings. The summed E-state index contributed by atoms with van der Waals surface area (Å²) in [5.74, 6) is -0.0394. The van der Waals surface area contributed by atoms with Crippen molar-refractivity contribution in [3.05, 3.63) is 35.4 Å². The van der Waals surface area contributed by atoms with Crippen LogP contribution in [0.3, 0.4) is 0 Å². The van der Waals surface area contributed by atoms with Crippen LogP contribution in [0.15, 0.2) is 23.2 Å². The summed E-state index contributed by atoms with van der Waals surface area (Å²) in [4.78, 5) is 14.0. The maximum Gasteiger partial charge on any atom is 0.193 e. The van der Waals surface area contributed by atoms with Gasteiger partial charge in [0, 0.05) is 90.2 Å². The van der Waals surface area contributed by atoms with Crippen molar-refractivity contribution in [1.29, 1.82) is 0 Å². The zero-order valence-electron chi connectivity index (χ0n) is 19.7. The Morgan fingerprint density at radius 3 is 2.22 bits per heavy atom. The average molecular weight is 565 g/mol. The Bertz CT molecular complexity index is 718. The van der Waals surface area contributed by atoms with Gasteiger partial charge in [0.25, 0.3) is 0 Å². The zero-order valence-corrected chi connectivity index (χ0v) is 22.0. The van der Waals surface area contributed by atoms with E-state index in [2.05, 4.69) is 43.8 Å². The molecule has 2 aliphatic rings. The van der Waals surface area contributed by atoms with Crippen molar-refractivity contribution in [3.63, 3.8) is 0 Å². The van der Waals surface area contributed by atoms with Crippen molar-refractivity contribution in [2.75, 3.05) is 79.0 Å². The molecular formula is C23H39F2IN6. The fourth-order valence-corrected chi connectivity index (χ4v) is 4.68. The van der Waals surface area contributed by atoms with Crippen LogP contribution in [0.4, 0.5) is 8.78 Å². The number of likely N-dealkylation sites (N-methyl/N-ethyl adjacent to an activating group) is 1. The highest BCUT2D eigenvalue weighted by Crippen LogP contribution is 2.28. The van der Waals surface area contributed by atoms with Gasteiger partial charge in [-0.25, -0.2) is 8.78 Å². The van der Waals surface area contributed by atoms with Gasteiger partial charge in [-0.3, -0.25) is 14.8 Å². The van der Waals surface area contributed by atoms with Gasteiger partial charge in [0.2, 0.25) is 0 Å². The molecule has 0 aromatic heterocycles. The third-order valence-corrected chi connectivity index (χ3v) is 6.60. The summed E-state index contributed by atoms with van der Waals surface area (Å²) < 4.78 is 27.6. The third-order valence-electron chi connectivity index (χ3n) is 6.60. The van der Waals surface area contributed by atoms with E-state index in [0.29, 0.717) is 5.56 Å². The van der Waals surface area contributed by atoms with Crippen LogP contribution in [-0.4, -0.2) is 105 Å². The van der Waals surface area contributed by atoms with Crippen molar-refractivity contribution >= 4 is 29.9 Å². The SMILES string of the molecule is CCC(c1ccc(F)cc1F)N1CCN(C(=NC)NCCN2CCN(CC)CC2)CC1.I. The lowest BCUT2D eigenvalue weighted by atomic mass is 10.0. The molecule has 0 aliphatic carbocycles. The van der Waals surface area contributed by atoms with E-state index in [9.17, 15) is 8.78 Å². The third kappa shape index (κ3) is 7.23. The number of benzene rings is 1. The summed E-state index contributed by atoms with van der Waals surface area (Å²) in [6, 6.07) is 3.90. The number of hydrogen-bond acceptors (Lipinski definition) is 4. The Labute approximate surface area is 209 Å². The molecule has 0 saturated carbocycles. The second-order valence-corrected chi connectivity index (χ2v) is 8.36. The van der Waals surface area contributed by atoms with Crippen molar-refractivity contribution in [2.45, 2.75) is 26.3 Å². The number of guanidine groups is 1. The van der Waals surface area contributed by atoms with E-state index in [1.165, 1.54) is 6.07 Å². The second kappa shape index (κ2) is 13.6. The Balaban J connectivity index is 0.00000363. The van der Waals surface area contributed by atoms with Crippen molar-refractivity contribution in [2.24, 2.45) is 4.99 Å². The Morgan fingerprint density at radius 2 is 1.66 bits per heavy atom. The average Bonchev–Trinajstić information content (AvgIpc) is 2.79. The van der Waals surface area contributed by atoms with Crippen LogP contribution in [0.2, 0.25) is 0 Å². The first-order chi connectivity index (χ1) is 15.0. The number of piperazine rings is 2. The summed E-state index contributed by atoms with van der Waals surface area (Å²) >= 11 is 0. The monoisotopic (exact) mass is 564 g/mol. The number of aliphatic imine (C=N–C) groups is 1. The van der Waals surface area contributed by atoms with E-state index >= 15 is 0 Å². The Morgan fingerprint density at radius 1 is 1.00 bits per heavy atom. The van der Waals surface area contributed by atoms with E-state index in [0.717, 1.165) is 90.4 Å². The zero-order chi connectivity index (χ0) is 22.2. The molecule has 0 bridgehead atoms. The molecule has 1 N–H and O–H groups in total. The lowest BCUT2D eigenvalue weighted by Crippen LogP contribution is -2.54. The first-order valence-corrected chi connectivity index (χ1v) is 11.6. The van der Waals surface area contributed by atoms with Gasteiger partial charge in [-0.05, 0) is 19.0 Å². The maximum atomic E-state index is 14.3. The lowest BCUT2D eigenvalue weighted by Gasteiger charge is -2.40. The minimum atomic E-state index is -0.525. The van der Waals surface area contributed by atoms with Crippen LogP contribution < -0.4 is 5.32 Å². The molecule has 9 heteroatoms.